The van der Waals surface area contributed by atoms with E-state index in [-0.39, 0.29) is 0 Å². The number of nitrogens with zero attached hydrogens (tertiary/aromatic N) is 1. The second-order valence-electron chi connectivity index (χ2n) is 16.1. The number of rotatable bonds is 8. The molecule has 48 heavy (non-hydrogen) atoms. The molecule has 5 nitrogen and oxygen atoms in total. The summed E-state index contributed by atoms with van der Waals surface area (Å²) in [5.74, 6) is 0. The van der Waals surface area contributed by atoms with E-state index in [1.54, 1.807) is 0 Å². The average molecular weight is 643 g/mol. The van der Waals surface area contributed by atoms with Crippen molar-refractivity contribution in [2.75, 3.05) is 0 Å². The van der Waals surface area contributed by atoms with Gasteiger partial charge in [0, 0.05) is 16.5 Å². The Bertz CT molecular complexity index is 1990. The molecule has 4 aromatic carbocycles. The Kier molecular flexibility index (Phi) is 8.19. The van der Waals surface area contributed by atoms with Gasteiger partial charge in [0.05, 0.1) is 33.4 Å². The fourth-order valence-corrected chi connectivity index (χ4v) is 7.43. The van der Waals surface area contributed by atoms with E-state index in [4.69, 9.17) is 18.6 Å². The van der Waals surface area contributed by atoms with Gasteiger partial charge in [0.25, 0.3) is 0 Å². The molecule has 0 radical (unpaired) electrons. The van der Waals surface area contributed by atoms with Gasteiger partial charge in [0.15, 0.2) is 0 Å². The summed E-state index contributed by atoms with van der Waals surface area (Å²) in [6, 6.07) is 24.6. The molecule has 0 N–H and O–H groups in total. The van der Waals surface area contributed by atoms with E-state index in [2.05, 4.69) is 141 Å². The van der Waals surface area contributed by atoms with Crippen LogP contribution in [0.25, 0.3) is 38.3 Å². The van der Waals surface area contributed by atoms with Crippen molar-refractivity contribution < 1.29 is 18.6 Å². The molecule has 1 aromatic heterocycles. The molecule has 2 aliphatic rings. The molecule has 7 rings (SSSR count). The summed E-state index contributed by atoms with van der Waals surface area (Å²) in [4.78, 5) is 0. The quantitative estimate of drug-likeness (QED) is 0.125. The molecule has 7 heteroatoms. The van der Waals surface area contributed by atoms with Gasteiger partial charge in [-0.3, -0.25) is 0 Å². The molecule has 2 aliphatic heterocycles. The largest absolute Gasteiger partial charge is 0.495 e. The molecule has 0 bridgehead atoms. The van der Waals surface area contributed by atoms with Gasteiger partial charge in [-0.1, -0.05) is 74.7 Å². The lowest BCUT2D eigenvalue weighted by Gasteiger charge is -2.32. The predicted molar refractivity (Wildman–Crippen MR) is 202 cm³/mol. The van der Waals surface area contributed by atoms with E-state index in [0.717, 1.165) is 34.7 Å². The standard InChI is InChI=1S/C41H51B2NO4/c1-11-12-13-14-19-28-25-35(27(2)24-32(28)42-45-38(3,4)39(5,6)46-42)44-34-23-18-17-22-31(34)37-30-21-16-15-20-29(30)33(26-36(37)44)43-47-40(7,8)41(9,10)48-43/h15-18,20-26H,11-14,19H2,1-10H3. The number of unbranched alkanes of at least 4 members (excludes halogenated alkanes) is 3. The maximum absolute atomic E-state index is 6.68. The van der Waals surface area contributed by atoms with E-state index in [0.29, 0.717) is 0 Å². The Labute approximate surface area is 287 Å². The maximum Gasteiger partial charge on any atom is 0.495 e. The normalized spacial score (nSPS) is 19.7. The minimum Gasteiger partial charge on any atom is -0.399 e. The number of benzene rings is 4. The Morgan fingerprint density at radius 2 is 1.12 bits per heavy atom. The fourth-order valence-electron chi connectivity index (χ4n) is 7.43. The van der Waals surface area contributed by atoms with Gasteiger partial charge < -0.3 is 23.2 Å². The molecular weight excluding hydrogens is 592 g/mol. The van der Waals surface area contributed by atoms with Gasteiger partial charge in [-0.15, -0.1) is 0 Å². The van der Waals surface area contributed by atoms with Crippen molar-refractivity contribution in [3.05, 3.63) is 77.9 Å². The van der Waals surface area contributed by atoms with Crippen LogP contribution in [0.3, 0.4) is 0 Å². The molecule has 3 heterocycles. The molecule has 0 spiro atoms. The highest BCUT2D eigenvalue weighted by atomic mass is 16.7. The van der Waals surface area contributed by atoms with Crippen LogP contribution < -0.4 is 10.9 Å². The smallest absolute Gasteiger partial charge is 0.399 e. The van der Waals surface area contributed by atoms with Crippen LogP contribution in [-0.4, -0.2) is 41.2 Å². The molecular formula is C41H51B2NO4. The Hall–Kier alpha value is -3.09. The summed E-state index contributed by atoms with van der Waals surface area (Å²) in [6.45, 7) is 21.5. The van der Waals surface area contributed by atoms with Gasteiger partial charge in [-0.05, 0) is 126 Å². The van der Waals surface area contributed by atoms with Crippen LogP contribution in [0, 0.1) is 6.92 Å². The summed E-state index contributed by atoms with van der Waals surface area (Å²) in [7, 11) is -0.877. The molecule has 2 fully saturated rings. The number of hydrogen-bond acceptors (Lipinski definition) is 4. The highest BCUT2D eigenvalue weighted by molar-refractivity contribution is 6.66. The predicted octanol–water partition coefficient (Wildman–Crippen LogP) is 8.97. The summed E-state index contributed by atoms with van der Waals surface area (Å²) in [5.41, 5.74) is 6.54. The van der Waals surface area contributed by atoms with Gasteiger partial charge in [0.1, 0.15) is 0 Å². The molecule has 250 valence electrons. The van der Waals surface area contributed by atoms with Crippen molar-refractivity contribution >= 4 is 57.7 Å². The molecule has 0 atom stereocenters. The third-order valence-electron chi connectivity index (χ3n) is 11.7. The van der Waals surface area contributed by atoms with Crippen LogP contribution in [0.1, 0.15) is 99.1 Å². The van der Waals surface area contributed by atoms with Crippen LogP contribution in [-0.2, 0) is 25.0 Å². The molecule has 0 aliphatic carbocycles. The van der Waals surface area contributed by atoms with E-state index < -0.39 is 36.6 Å². The number of aromatic nitrogens is 1. The first-order chi connectivity index (χ1) is 22.7. The minimum absolute atomic E-state index is 0.401. The van der Waals surface area contributed by atoms with Crippen LogP contribution in [0.5, 0.6) is 0 Å². The zero-order valence-electron chi connectivity index (χ0n) is 30.6. The number of fused-ring (bicyclic) bond motifs is 5. The van der Waals surface area contributed by atoms with Crippen LogP contribution >= 0.6 is 0 Å². The first-order valence-electron chi connectivity index (χ1n) is 18.0. The monoisotopic (exact) mass is 643 g/mol. The van der Waals surface area contributed by atoms with E-state index in [1.165, 1.54) is 57.8 Å². The van der Waals surface area contributed by atoms with Crippen molar-refractivity contribution in [3.8, 4) is 5.69 Å². The van der Waals surface area contributed by atoms with Gasteiger partial charge in [-0.2, -0.15) is 0 Å². The first-order valence-corrected chi connectivity index (χ1v) is 18.0. The van der Waals surface area contributed by atoms with Crippen LogP contribution in [0.4, 0.5) is 0 Å². The van der Waals surface area contributed by atoms with Gasteiger partial charge >= 0.3 is 14.2 Å². The van der Waals surface area contributed by atoms with E-state index >= 15 is 0 Å². The van der Waals surface area contributed by atoms with Crippen molar-refractivity contribution in [3.63, 3.8) is 0 Å². The van der Waals surface area contributed by atoms with Crippen LogP contribution in [0.15, 0.2) is 66.7 Å². The van der Waals surface area contributed by atoms with Crippen LogP contribution in [0.2, 0.25) is 0 Å². The van der Waals surface area contributed by atoms with Gasteiger partial charge in [0.2, 0.25) is 0 Å². The van der Waals surface area contributed by atoms with Crippen molar-refractivity contribution in [1.29, 1.82) is 0 Å². The fraction of sp³-hybridized carbons (Fsp3) is 0.463. The number of hydrogen-bond donors (Lipinski definition) is 0. The lowest BCUT2D eigenvalue weighted by Crippen LogP contribution is -2.41. The number of para-hydroxylation sites is 1. The summed E-state index contributed by atoms with van der Waals surface area (Å²) in [5, 5.41) is 4.86. The Morgan fingerprint density at radius 3 is 1.73 bits per heavy atom. The SMILES string of the molecule is CCCCCCc1cc(-n2c3ccccc3c3c4ccccc4c(B4OC(C)(C)C(C)(C)O4)cc32)c(C)cc1B1OC(C)(C)C(C)(C)O1. The van der Waals surface area contributed by atoms with Gasteiger partial charge in [-0.25, -0.2) is 0 Å². The lowest BCUT2D eigenvalue weighted by molar-refractivity contribution is 0.00578. The highest BCUT2D eigenvalue weighted by Gasteiger charge is 2.53. The maximum atomic E-state index is 6.68. The molecule has 5 aromatic rings. The zero-order chi connectivity index (χ0) is 34.2. The first kappa shape index (κ1) is 33.4. The third kappa shape index (κ3) is 5.33. The molecule has 0 saturated carbocycles. The second-order valence-corrected chi connectivity index (χ2v) is 16.1. The molecule has 0 unspecified atom stereocenters. The van der Waals surface area contributed by atoms with Crippen molar-refractivity contribution in [2.24, 2.45) is 0 Å². The number of aryl methyl sites for hydroxylation is 2. The summed E-state index contributed by atoms with van der Waals surface area (Å²) >= 11 is 0. The zero-order valence-corrected chi connectivity index (χ0v) is 30.6. The topological polar surface area (TPSA) is 41.9 Å². The summed E-state index contributed by atoms with van der Waals surface area (Å²) in [6.07, 6.45) is 5.77. The highest BCUT2D eigenvalue weighted by Crippen LogP contribution is 2.41. The average Bonchev–Trinajstić information content (AvgIpc) is 3.56. The Morgan fingerprint density at radius 1 is 0.583 bits per heavy atom. The van der Waals surface area contributed by atoms with E-state index in [1.807, 2.05) is 0 Å². The summed E-state index contributed by atoms with van der Waals surface area (Å²) < 4.78 is 29.1. The Balaban J connectivity index is 1.47. The van der Waals surface area contributed by atoms with E-state index in [9.17, 15) is 0 Å². The molecule has 0 amide bonds. The van der Waals surface area contributed by atoms with Crippen molar-refractivity contribution in [2.45, 2.75) is 124 Å². The second kappa shape index (κ2) is 11.8. The minimum atomic E-state index is -0.475. The van der Waals surface area contributed by atoms with Crippen molar-refractivity contribution in [1.82, 2.24) is 4.57 Å². The molecule has 2 saturated heterocycles. The lowest BCUT2D eigenvalue weighted by atomic mass is 9.73. The third-order valence-corrected chi connectivity index (χ3v) is 11.7.